The number of nitrogens with one attached hydrogen (secondary N) is 1. The molecule has 26 heavy (non-hydrogen) atoms. The molecule has 0 fully saturated rings. The van der Waals surface area contributed by atoms with Crippen molar-refractivity contribution < 1.29 is 8.42 Å². The van der Waals surface area contributed by atoms with Gasteiger partial charge in [0.05, 0.1) is 26.5 Å². The smallest absolute Gasteiger partial charge is 0.305 e. The van der Waals surface area contributed by atoms with E-state index in [9.17, 15) is 13.2 Å². The number of fused-ring (bicyclic) bond motifs is 1. The summed E-state index contributed by atoms with van der Waals surface area (Å²) < 4.78 is 26.9. The Morgan fingerprint density at radius 3 is 2.04 bits per heavy atom. The largest absolute Gasteiger partial charge is 0.331 e. The van der Waals surface area contributed by atoms with E-state index in [-0.39, 0.29) is 15.5 Å². The Bertz CT molecular complexity index is 1250. The van der Waals surface area contributed by atoms with Crippen LogP contribution in [0.5, 0.6) is 0 Å². The summed E-state index contributed by atoms with van der Waals surface area (Å²) in [6.07, 6.45) is 0. The third kappa shape index (κ3) is 2.73. The average Bonchev–Trinajstić information content (AvgIpc) is 2.98. The highest BCUT2D eigenvalue weighted by molar-refractivity contribution is 7.91. The van der Waals surface area contributed by atoms with Crippen molar-refractivity contribution in [3.05, 3.63) is 88.3 Å². The van der Waals surface area contributed by atoms with Gasteiger partial charge in [-0.05, 0) is 60.7 Å². The summed E-state index contributed by atoms with van der Waals surface area (Å²) in [6.45, 7) is 0. The predicted octanol–water partition coefficient (Wildman–Crippen LogP) is 3.81. The highest BCUT2D eigenvalue weighted by Crippen LogP contribution is 2.24. The molecule has 5 nitrogen and oxygen atoms in total. The molecule has 0 aliphatic heterocycles. The zero-order valence-corrected chi connectivity index (χ0v) is 15.0. The first-order valence-electron chi connectivity index (χ1n) is 7.78. The molecule has 0 bridgehead atoms. The van der Waals surface area contributed by atoms with Gasteiger partial charge in [0, 0.05) is 5.02 Å². The average molecular weight is 385 g/mol. The van der Waals surface area contributed by atoms with Gasteiger partial charge in [0.25, 0.3) is 0 Å². The normalized spacial score (nSPS) is 11.7. The van der Waals surface area contributed by atoms with Crippen LogP contribution in [0.15, 0.2) is 87.4 Å². The number of benzene rings is 3. The van der Waals surface area contributed by atoms with E-state index in [0.717, 1.165) is 11.0 Å². The lowest BCUT2D eigenvalue weighted by Gasteiger charge is -2.07. The Hall–Kier alpha value is -2.83. The Labute approximate surface area is 154 Å². The molecule has 4 rings (SSSR count). The molecule has 0 saturated carbocycles. The molecule has 1 heterocycles. The second-order valence-electron chi connectivity index (χ2n) is 5.73. The number of rotatable bonds is 3. The minimum atomic E-state index is -3.65. The number of sulfone groups is 1. The van der Waals surface area contributed by atoms with Gasteiger partial charge in [-0.3, -0.25) is 4.57 Å². The lowest BCUT2D eigenvalue weighted by Crippen LogP contribution is -2.14. The van der Waals surface area contributed by atoms with Gasteiger partial charge in [-0.2, -0.15) is 0 Å². The van der Waals surface area contributed by atoms with E-state index in [0.29, 0.717) is 10.7 Å². The first kappa shape index (κ1) is 16.6. The van der Waals surface area contributed by atoms with Crippen LogP contribution in [0.2, 0.25) is 5.02 Å². The number of hydrogen-bond donors (Lipinski definition) is 1. The molecule has 0 atom stereocenters. The Morgan fingerprint density at radius 2 is 1.38 bits per heavy atom. The van der Waals surface area contributed by atoms with Crippen molar-refractivity contribution in [2.24, 2.45) is 0 Å². The van der Waals surface area contributed by atoms with Crippen LogP contribution in [0.3, 0.4) is 0 Å². The molecular weight excluding hydrogens is 372 g/mol. The minimum Gasteiger partial charge on any atom is -0.305 e. The summed E-state index contributed by atoms with van der Waals surface area (Å²) in [5.74, 6) is 0. The van der Waals surface area contributed by atoms with E-state index in [4.69, 9.17) is 11.6 Å². The fourth-order valence-electron chi connectivity index (χ4n) is 2.84. The number of hydrogen-bond acceptors (Lipinski definition) is 3. The van der Waals surface area contributed by atoms with Gasteiger partial charge in [-0.1, -0.05) is 23.7 Å². The summed E-state index contributed by atoms with van der Waals surface area (Å²) in [5, 5.41) is 0.470. The second kappa shape index (κ2) is 6.16. The zero-order valence-electron chi connectivity index (χ0n) is 13.4. The van der Waals surface area contributed by atoms with Crippen molar-refractivity contribution in [1.82, 2.24) is 9.55 Å². The Balaban J connectivity index is 1.78. The van der Waals surface area contributed by atoms with Crippen molar-refractivity contribution in [2.75, 3.05) is 0 Å². The van der Waals surface area contributed by atoms with E-state index < -0.39 is 9.84 Å². The number of imidazole rings is 1. The van der Waals surface area contributed by atoms with Crippen LogP contribution in [-0.4, -0.2) is 18.0 Å². The molecule has 7 heteroatoms. The van der Waals surface area contributed by atoms with Gasteiger partial charge in [-0.25, -0.2) is 13.2 Å². The number of aromatic amines is 1. The molecule has 130 valence electrons. The fourth-order valence-corrected chi connectivity index (χ4v) is 4.22. The molecular formula is C19H13ClN2O3S. The van der Waals surface area contributed by atoms with Gasteiger partial charge >= 0.3 is 5.69 Å². The van der Waals surface area contributed by atoms with E-state index in [2.05, 4.69) is 4.98 Å². The lowest BCUT2D eigenvalue weighted by molar-refractivity contribution is 0.596. The van der Waals surface area contributed by atoms with Crippen molar-refractivity contribution in [3.8, 4) is 5.69 Å². The molecule has 0 spiro atoms. The third-order valence-electron chi connectivity index (χ3n) is 4.12. The summed E-state index contributed by atoms with van der Waals surface area (Å²) in [5.41, 5.74) is 1.75. The first-order chi connectivity index (χ1) is 12.5. The van der Waals surface area contributed by atoms with Crippen molar-refractivity contribution in [3.63, 3.8) is 0 Å². The SMILES string of the molecule is O=c1[nH]c2ccccc2n1-c1ccc(S(=O)(=O)c2ccc(Cl)cc2)cc1. The van der Waals surface area contributed by atoms with E-state index in [1.807, 2.05) is 24.3 Å². The topological polar surface area (TPSA) is 71.9 Å². The van der Waals surface area contributed by atoms with Crippen LogP contribution in [0, 0.1) is 0 Å². The third-order valence-corrected chi connectivity index (χ3v) is 6.16. The summed E-state index contributed by atoms with van der Waals surface area (Å²) >= 11 is 5.82. The van der Waals surface area contributed by atoms with Crippen LogP contribution >= 0.6 is 11.6 Å². The second-order valence-corrected chi connectivity index (χ2v) is 8.12. The van der Waals surface area contributed by atoms with Crippen molar-refractivity contribution in [2.45, 2.75) is 9.79 Å². The van der Waals surface area contributed by atoms with E-state index >= 15 is 0 Å². The fraction of sp³-hybridized carbons (Fsp3) is 0. The van der Waals surface area contributed by atoms with Crippen LogP contribution in [-0.2, 0) is 9.84 Å². The minimum absolute atomic E-state index is 0.150. The Morgan fingerprint density at radius 1 is 0.808 bits per heavy atom. The molecule has 4 aromatic rings. The molecule has 0 saturated heterocycles. The quantitative estimate of drug-likeness (QED) is 0.584. The highest BCUT2D eigenvalue weighted by atomic mass is 35.5. The maximum absolute atomic E-state index is 12.7. The number of para-hydroxylation sites is 2. The molecule has 0 aliphatic carbocycles. The van der Waals surface area contributed by atoms with Crippen LogP contribution in [0.1, 0.15) is 0 Å². The lowest BCUT2D eigenvalue weighted by atomic mass is 10.3. The molecule has 0 unspecified atom stereocenters. The number of nitrogens with zero attached hydrogens (tertiary/aromatic N) is 1. The van der Waals surface area contributed by atoms with Crippen molar-refractivity contribution >= 4 is 32.5 Å². The van der Waals surface area contributed by atoms with Gasteiger partial charge in [0.1, 0.15) is 0 Å². The monoisotopic (exact) mass is 384 g/mol. The standard InChI is InChI=1S/C19H13ClN2O3S/c20-13-5-9-15(10-6-13)26(24,25)16-11-7-14(8-12-16)22-18-4-2-1-3-17(18)21-19(22)23/h1-12H,(H,21,23). The molecule has 1 aromatic heterocycles. The van der Waals surface area contributed by atoms with Gasteiger partial charge < -0.3 is 4.98 Å². The van der Waals surface area contributed by atoms with E-state index in [1.54, 1.807) is 12.1 Å². The number of H-pyrrole nitrogens is 1. The summed E-state index contributed by atoms with van der Waals surface area (Å²) in [6, 6.07) is 19.5. The molecule has 1 N–H and O–H groups in total. The maximum atomic E-state index is 12.7. The van der Waals surface area contributed by atoms with E-state index in [1.165, 1.54) is 41.0 Å². The van der Waals surface area contributed by atoms with Crippen LogP contribution in [0.25, 0.3) is 16.7 Å². The number of halogens is 1. The Kier molecular flexibility index (Phi) is 3.94. The summed E-state index contributed by atoms with van der Waals surface area (Å²) in [4.78, 5) is 15.3. The molecule has 0 aliphatic rings. The maximum Gasteiger partial charge on any atom is 0.331 e. The molecule has 0 amide bonds. The summed E-state index contributed by atoms with van der Waals surface area (Å²) in [7, 11) is -3.65. The van der Waals surface area contributed by atoms with Crippen LogP contribution in [0.4, 0.5) is 0 Å². The first-order valence-corrected chi connectivity index (χ1v) is 9.64. The molecule has 3 aromatic carbocycles. The van der Waals surface area contributed by atoms with Gasteiger partial charge in [0.2, 0.25) is 9.84 Å². The van der Waals surface area contributed by atoms with Gasteiger partial charge in [-0.15, -0.1) is 0 Å². The molecule has 0 radical (unpaired) electrons. The zero-order chi connectivity index (χ0) is 18.3. The highest BCUT2D eigenvalue weighted by Gasteiger charge is 2.18. The van der Waals surface area contributed by atoms with Gasteiger partial charge in [0.15, 0.2) is 0 Å². The van der Waals surface area contributed by atoms with Crippen LogP contribution < -0.4 is 5.69 Å². The predicted molar refractivity (Wildman–Crippen MR) is 101 cm³/mol. The van der Waals surface area contributed by atoms with Crippen molar-refractivity contribution in [1.29, 1.82) is 0 Å². The number of aromatic nitrogens is 2.